The Labute approximate surface area is 155 Å². The van der Waals surface area contributed by atoms with Crippen molar-refractivity contribution in [1.29, 1.82) is 0 Å². The summed E-state index contributed by atoms with van der Waals surface area (Å²) < 4.78 is 6.33. The lowest BCUT2D eigenvalue weighted by Gasteiger charge is -2.12. The number of hydrogen-bond acceptors (Lipinski definition) is 5. The number of carbonyl (C=O) groups is 1. The molecule has 0 saturated carbocycles. The largest absolute Gasteiger partial charge is 0.465 e. The molecule has 2 aromatic carbocycles. The smallest absolute Gasteiger partial charge is 0.337 e. The summed E-state index contributed by atoms with van der Waals surface area (Å²) in [7, 11) is 1.35. The van der Waals surface area contributed by atoms with Gasteiger partial charge >= 0.3 is 5.97 Å². The molecule has 0 bridgehead atoms. The Hall–Kier alpha value is -2.86. The fourth-order valence-corrected chi connectivity index (χ4v) is 3.15. The summed E-state index contributed by atoms with van der Waals surface area (Å²) in [6.45, 7) is 0.387. The summed E-state index contributed by atoms with van der Waals surface area (Å²) >= 11 is 1.43. The normalized spacial score (nSPS) is 10.5. The molecule has 0 atom stereocenters. The fraction of sp³-hybridized carbons (Fsp3) is 0.150. The lowest BCUT2D eigenvalue weighted by molar-refractivity contribution is 0.0600. The number of benzene rings is 2. The van der Waals surface area contributed by atoms with Crippen LogP contribution in [0.5, 0.6) is 0 Å². The molecule has 0 spiro atoms. The molecule has 0 aliphatic heterocycles. The van der Waals surface area contributed by atoms with Crippen molar-refractivity contribution < 1.29 is 9.53 Å². The van der Waals surface area contributed by atoms with E-state index in [9.17, 15) is 9.59 Å². The molecule has 0 aliphatic rings. The van der Waals surface area contributed by atoms with Crippen LogP contribution in [-0.4, -0.2) is 28.9 Å². The van der Waals surface area contributed by atoms with E-state index in [0.717, 1.165) is 11.1 Å². The topological polar surface area (TPSA) is 61.2 Å². The maximum Gasteiger partial charge on any atom is 0.337 e. The average Bonchev–Trinajstić information content (AvgIpc) is 2.69. The molecule has 0 unspecified atom stereocenters. The summed E-state index contributed by atoms with van der Waals surface area (Å²) in [5.41, 5.74) is 2.85. The van der Waals surface area contributed by atoms with Crippen LogP contribution < -0.4 is 5.56 Å². The van der Waals surface area contributed by atoms with Crippen LogP contribution in [0.4, 0.5) is 0 Å². The number of thioether (sulfide) groups is 1. The monoisotopic (exact) mass is 366 g/mol. The predicted octanol–water partition coefficient (Wildman–Crippen LogP) is 3.47. The van der Waals surface area contributed by atoms with Gasteiger partial charge < -0.3 is 4.74 Å². The van der Waals surface area contributed by atoms with Gasteiger partial charge in [0, 0.05) is 11.6 Å². The SMILES string of the molecule is COC(=O)c1ccc(Cn2c(SC)nc(-c3ccccc3)cc2=O)cc1. The molecular formula is C20H18N2O3S. The maximum atomic E-state index is 12.7. The number of rotatable bonds is 5. The first-order chi connectivity index (χ1) is 12.6. The molecule has 0 amide bonds. The summed E-state index contributed by atoms with van der Waals surface area (Å²) in [4.78, 5) is 28.8. The van der Waals surface area contributed by atoms with Gasteiger partial charge in [-0.3, -0.25) is 9.36 Å². The molecule has 0 radical (unpaired) electrons. The standard InChI is InChI=1S/C20H18N2O3S/c1-25-19(24)16-10-8-14(9-11-16)13-22-18(23)12-17(21-20(22)26-2)15-6-4-3-5-7-15/h3-12H,13H2,1-2H3. The van der Waals surface area contributed by atoms with E-state index in [1.54, 1.807) is 22.8 Å². The Kier molecular flexibility index (Phi) is 5.53. The molecule has 3 aromatic rings. The highest BCUT2D eigenvalue weighted by molar-refractivity contribution is 7.98. The van der Waals surface area contributed by atoms with Gasteiger partial charge in [-0.1, -0.05) is 54.2 Å². The Morgan fingerprint density at radius 3 is 2.42 bits per heavy atom. The van der Waals surface area contributed by atoms with Gasteiger partial charge in [0.15, 0.2) is 5.16 Å². The van der Waals surface area contributed by atoms with E-state index in [2.05, 4.69) is 4.98 Å². The highest BCUT2D eigenvalue weighted by atomic mass is 32.2. The van der Waals surface area contributed by atoms with E-state index in [1.165, 1.54) is 18.9 Å². The second-order valence-corrected chi connectivity index (χ2v) is 6.38. The van der Waals surface area contributed by atoms with Crippen LogP contribution >= 0.6 is 11.8 Å². The van der Waals surface area contributed by atoms with Crippen molar-refractivity contribution >= 4 is 17.7 Å². The molecule has 26 heavy (non-hydrogen) atoms. The van der Waals surface area contributed by atoms with E-state index in [-0.39, 0.29) is 11.5 Å². The summed E-state index contributed by atoms with van der Waals surface area (Å²) in [6, 6.07) is 18.2. The molecule has 3 rings (SSSR count). The van der Waals surface area contributed by atoms with E-state index in [1.807, 2.05) is 48.7 Å². The number of esters is 1. The van der Waals surface area contributed by atoms with Crippen molar-refractivity contribution in [2.24, 2.45) is 0 Å². The van der Waals surface area contributed by atoms with Gasteiger partial charge in [-0.25, -0.2) is 9.78 Å². The summed E-state index contributed by atoms with van der Waals surface area (Å²) in [5.74, 6) is -0.382. The zero-order valence-electron chi connectivity index (χ0n) is 14.5. The van der Waals surface area contributed by atoms with Gasteiger partial charge in [0.1, 0.15) is 0 Å². The van der Waals surface area contributed by atoms with Gasteiger partial charge in [-0.15, -0.1) is 0 Å². The molecule has 5 nitrogen and oxygen atoms in total. The third kappa shape index (κ3) is 3.86. The Bertz CT molecular complexity index is 967. The number of hydrogen-bond donors (Lipinski definition) is 0. The van der Waals surface area contributed by atoms with Gasteiger partial charge in [0.25, 0.3) is 5.56 Å². The number of methoxy groups -OCH3 is 1. The zero-order chi connectivity index (χ0) is 18.5. The van der Waals surface area contributed by atoms with Crippen LogP contribution in [0.2, 0.25) is 0 Å². The van der Waals surface area contributed by atoms with Crippen molar-refractivity contribution in [2.45, 2.75) is 11.7 Å². The molecule has 6 heteroatoms. The maximum absolute atomic E-state index is 12.7. The van der Waals surface area contributed by atoms with E-state index >= 15 is 0 Å². The van der Waals surface area contributed by atoms with Gasteiger partial charge in [0.05, 0.1) is 24.9 Å². The van der Waals surface area contributed by atoms with Crippen molar-refractivity contribution in [3.05, 3.63) is 82.1 Å². The first kappa shape index (κ1) is 17.9. The Morgan fingerprint density at radius 1 is 1.12 bits per heavy atom. The second-order valence-electron chi connectivity index (χ2n) is 5.61. The fourth-order valence-electron chi connectivity index (χ4n) is 2.59. The van der Waals surface area contributed by atoms with E-state index in [0.29, 0.717) is 23.0 Å². The highest BCUT2D eigenvalue weighted by Crippen LogP contribution is 2.19. The quantitative estimate of drug-likeness (QED) is 0.393. The van der Waals surface area contributed by atoms with Gasteiger partial charge in [-0.2, -0.15) is 0 Å². The third-order valence-corrected chi connectivity index (χ3v) is 4.62. The minimum absolute atomic E-state index is 0.111. The number of nitrogens with zero attached hydrogens (tertiary/aromatic N) is 2. The molecular weight excluding hydrogens is 348 g/mol. The van der Waals surface area contributed by atoms with Crippen LogP contribution in [-0.2, 0) is 11.3 Å². The predicted molar refractivity (Wildman–Crippen MR) is 103 cm³/mol. The summed E-state index contributed by atoms with van der Waals surface area (Å²) in [6.07, 6.45) is 1.90. The van der Waals surface area contributed by atoms with Gasteiger partial charge in [-0.05, 0) is 24.0 Å². The lowest BCUT2D eigenvalue weighted by Crippen LogP contribution is -2.23. The van der Waals surface area contributed by atoms with E-state index < -0.39 is 0 Å². The number of carbonyl (C=O) groups excluding carboxylic acids is 1. The van der Waals surface area contributed by atoms with E-state index in [4.69, 9.17) is 4.74 Å². The van der Waals surface area contributed by atoms with Crippen LogP contribution in [0, 0.1) is 0 Å². The van der Waals surface area contributed by atoms with Crippen molar-refractivity contribution in [3.63, 3.8) is 0 Å². The first-order valence-electron chi connectivity index (χ1n) is 8.01. The van der Waals surface area contributed by atoms with Crippen LogP contribution in [0.3, 0.4) is 0 Å². The Balaban J connectivity index is 1.93. The van der Waals surface area contributed by atoms with Crippen molar-refractivity contribution in [2.75, 3.05) is 13.4 Å². The molecule has 0 saturated heterocycles. The summed E-state index contributed by atoms with van der Waals surface area (Å²) in [5, 5.41) is 0.647. The molecule has 0 N–H and O–H groups in total. The molecule has 1 heterocycles. The van der Waals surface area contributed by atoms with Crippen molar-refractivity contribution in [1.82, 2.24) is 9.55 Å². The van der Waals surface area contributed by atoms with Crippen LogP contribution in [0.15, 0.2) is 70.6 Å². The molecule has 132 valence electrons. The van der Waals surface area contributed by atoms with Crippen LogP contribution in [0.25, 0.3) is 11.3 Å². The molecule has 0 aliphatic carbocycles. The minimum atomic E-state index is -0.382. The van der Waals surface area contributed by atoms with Crippen LogP contribution in [0.1, 0.15) is 15.9 Å². The average molecular weight is 366 g/mol. The number of aromatic nitrogens is 2. The second kappa shape index (κ2) is 8.01. The van der Waals surface area contributed by atoms with Gasteiger partial charge in [0.2, 0.25) is 0 Å². The highest BCUT2D eigenvalue weighted by Gasteiger charge is 2.11. The third-order valence-electron chi connectivity index (χ3n) is 3.94. The molecule has 0 fully saturated rings. The van der Waals surface area contributed by atoms with Crippen molar-refractivity contribution in [3.8, 4) is 11.3 Å². The zero-order valence-corrected chi connectivity index (χ0v) is 15.3. The molecule has 1 aromatic heterocycles. The number of ether oxygens (including phenoxy) is 1. The first-order valence-corrected chi connectivity index (χ1v) is 9.23. The minimum Gasteiger partial charge on any atom is -0.465 e. The lowest BCUT2D eigenvalue weighted by atomic mass is 10.1. The Morgan fingerprint density at radius 2 is 1.81 bits per heavy atom.